The second kappa shape index (κ2) is 5.80. The molecule has 1 heterocycles. The summed E-state index contributed by atoms with van der Waals surface area (Å²) in [5, 5.41) is 9.02. The minimum absolute atomic E-state index is 0.0824. The first-order valence-electron chi connectivity index (χ1n) is 6.36. The van der Waals surface area contributed by atoms with Gasteiger partial charge < -0.3 is 10.0 Å². The molecule has 20 heavy (non-hydrogen) atoms. The van der Waals surface area contributed by atoms with Crippen LogP contribution in [0.5, 0.6) is 0 Å². The van der Waals surface area contributed by atoms with Crippen molar-refractivity contribution in [1.29, 1.82) is 0 Å². The lowest BCUT2D eigenvalue weighted by atomic mass is 10.1. The summed E-state index contributed by atoms with van der Waals surface area (Å²) in [6.45, 7) is 1.08. The van der Waals surface area contributed by atoms with Crippen LogP contribution in [-0.2, 0) is 14.8 Å². The number of aliphatic carboxylic acids is 1. The minimum atomic E-state index is -3.29. The van der Waals surface area contributed by atoms with Crippen molar-refractivity contribution in [3.8, 4) is 0 Å². The third kappa shape index (κ3) is 3.49. The van der Waals surface area contributed by atoms with Crippen LogP contribution in [0.3, 0.4) is 0 Å². The van der Waals surface area contributed by atoms with Crippen molar-refractivity contribution < 1.29 is 18.3 Å². The Balaban J connectivity index is 2.22. The fourth-order valence-corrected chi connectivity index (χ4v) is 3.32. The molecule has 0 aromatic heterocycles. The molecule has 0 amide bonds. The number of sulfonamides is 1. The van der Waals surface area contributed by atoms with Gasteiger partial charge in [-0.25, -0.2) is 8.42 Å². The van der Waals surface area contributed by atoms with E-state index in [2.05, 4.69) is 0 Å². The third-order valence-corrected chi connectivity index (χ3v) is 4.68. The summed E-state index contributed by atoms with van der Waals surface area (Å²) in [6, 6.07) is 9.13. The topological polar surface area (TPSA) is 77.9 Å². The fraction of sp³-hybridized carbons (Fsp3) is 0.462. The van der Waals surface area contributed by atoms with E-state index in [1.807, 2.05) is 35.2 Å². The molecule has 1 fully saturated rings. The molecular formula is C13H18N2O4S. The van der Waals surface area contributed by atoms with Crippen molar-refractivity contribution in [2.75, 3.05) is 30.8 Å². The van der Waals surface area contributed by atoms with Gasteiger partial charge in [0.1, 0.15) is 0 Å². The first-order valence-corrected chi connectivity index (χ1v) is 8.21. The summed E-state index contributed by atoms with van der Waals surface area (Å²) in [5.74, 6) is -0.925. The Bertz CT molecular complexity index is 573. The van der Waals surface area contributed by atoms with E-state index in [0.717, 1.165) is 11.9 Å². The molecule has 0 saturated carbocycles. The first kappa shape index (κ1) is 14.8. The molecule has 0 bridgehead atoms. The maximum absolute atomic E-state index is 11.6. The van der Waals surface area contributed by atoms with Gasteiger partial charge in [0, 0.05) is 25.3 Å². The van der Waals surface area contributed by atoms with E-state index in [1.54, 1.807) is 0 Å². The summed E-state index contributed by atoms with van der Waals surface area (Å²) in [6.07, 6.45) is 1.07. The lowest BCUT2D eigenvalue weighted by Gasteiger charge is -2.41. The van der Waals surface area contributed by atoms with Crippen LogP contribution in [0, 0.1) is 0 Å². The molecule has 0 spiro atoms. The maximum Gasteiger partial charge on any atom is 0.305 e. The number of hydrogen-bond acceptors (Lipinski definition) is 4. The zero-order valence-electron chi connectivity index (χ0n) is 11.3. The number of carboxylic acid groups (broad SMARTS) is 1. The van der Waals surface area contributed by atoms with Crippen molar-refractivity contribution in [2.45, 2.75) is 12.5 Å². The Hall–Kier alpha value is -1.60. The number of carboxylic acids is 1. The Labute approximate surface area is 118 Å². The second-order valence-corrected chi connectivity index (χ2v) is 6.88. The van der Waals surface area contributed by atoms with Gasteiger partial charge in [0.15, 0.2) is 0 Å². The molecule has 1 aromatic carbocycles. The highest BCUT2D eigenvalue weighted by atomic mass is 32.2. The largest absolute Gasteiger partial charge is 0.481 e. The lowest BCUT2D eigenvalue weighted by Crippen LogP contribution is -2.55. The molecule has 2 rings (SSSR count). The number of para-hydroxylation sites is 1. The predicted molar refractivity (Wildman–Crippen MR) is 76.2 cm³/mol. The normalized spacial score (nSPS) is 20.9. The SMILES string of the molecule is CS(=O)(=O)N1CCN(c2ccccc2)[C@H](CC(=O)O)C1. The molecule has 1 aliphatic rings. The van der Waals surface area contributed by atoms with E-state index in [-0.39, 0.29) is 19.0 Å². The van der Waals surface area contributed by atoms with E-state index in [1.165, 1.54) is 4.31 Å². The number of anilines is 1. The summed E-state index contributed by atoms with van der Waals surface area (Å²) in [5.41, 5.74) is 0.923. The van der Waals surface area contributed by atoms with E-state index in [9.17, 15) is 13.2 Å². The number of nitrogens with zero attached hydrogens (tertiary/aromatic N) is 2. The first-order chi connectivity index (χ1) is 9.38. The summed E-state index contributed by atoms with van der Waals surface area (Å²) in [7, 11) is -3.29. The Morgan fingerprint density at radius 1 is 1.30 bits per heavy atom. The average molecular weight is 298 g/mol. The van der Waals surface area contributed by atoms with Gasteiger partial charge in [-0.15, -0.1) is 0 Å². The maximum atomic E-state index is 11.6. The predicted octanol–water partition coefficient (Wildman–Crippen LogP) is 0.611. The van der Waals surface area contributed by atoms with Gasteiger partial charge in [0.05, 0.1) is 18.7 Å². The summed E-state index contributed by atoms with van der Waals surface area (Å²) >= 11 is 0. The molecular weight excluding hydrogens is 280 g/mol. The molecule has 0 unspecified atom stereocenters. The molecule has 7 heteroatoms. The van der Waals surface area contributed by atoms with Gasteiger partial charge in [-0.2, -0.15) is 4.31 Å². The minimum Gasteiger partial charge on any atom is -0.481 e. The van der Waals surface area contributed by atoms with Crippen LogP contribution in [0.25, 0.3) is 0 Å². The number of piperazine rings is 1. The van der Waals surface area contributed by atoms with Gasteiger partial charge in [-0.1, -0.05) is 18.2 Å². The van der Waals surface area contributed by atoms with E-state index < -0.39 is 16.0 Å². The fourth-order valence-electron chi connectivity index (χ4n) is 2.46. The third-order valence-electron chi connectivity index (χ3n) is 3.41. The zero-order chi connectivity index (χ0) is 14.8. The molecule has 1 atom stereocenters. The zero-order valence-corrected chi connectivity index (χ0v) is 12.1. The number of benzene rings is 1. The van der Waals surface area contributed by atoms with Crippen LogP contribution in [0.1, 0.15) is 6.42 Å². The molecule has 0 aliphatic carbocycles. The quantitative estimate of drug-likeness (QED) is 0.881. The molecule has 1 aliphatic heterocycles. The monoisotopic (exact) mass is 298 g/mol. The summed E-state index contributed by atoms with van der Waals surface area (Å²) < 4.78 is 24.6. The van der Waals surface area contributed by atoms with Gasteiger partial charge in [-0.3, -0.25) is 4.79 Å². The van der Waals surface area contributed by atoms with Gasteiger partial charge in [0.25, 0.3) is 0 Å². The van der Waals surface area contributed by atoms with E-state index >= 15 is 0 Å². The van der Waals surface area contributed by atoms with Crippen LogP contribution in [0.2, 0.25) is 0 Å². The number of carbonyl (C=O) groups is 1. The highest BCUT2D eigenvalue weighted by Gasteiger charge is 2.32. The van der Waals surface area contributed by atoms with Crippen LogP contribution >= 0.6 is 0 Å². The van der Waals surface area contributed by atoms with Crippen molar-refractivity contribution >= 4 is 21.7 Å². The number of hydrogen-bond donors (Lipinski definition) is 1. The Kier molecular flexibility index (Phi) is 4.29. The van der Waals surface area contributed by atoms with Crippen LogP contribution in [-0.4, -0.2) is 55.7 Å². The van der Waals surface area contributed by atoms with Crippen LogP contribution < -0.4 is 4.90 Å². The summed E-state index contributed by atoms with van der Waals surface area (Å²) in [4.78, 5) is 13.0. The van der Waals surface area contributed by atoms with Crippen molar-refractivity contribution in [2.24, 2.45) is 0 Å². The molecule has 1 N–H and O–H groups in total. The Morgan fingerprint density at radius 2 is 1.95 bits per heavy atom. The molecule has 1 saturated heterocycles. The molecule has 1 aromatic rings. The van der Waals surface area contributed by atoms with Crippen molar-refractivity contribution in [3.63, 3.8) is 0 Å². The van der Waals surface area contributed by atoms with E-state index in [4.69, 9.17) is 5.11 Å². The lowest BCUT2D eigenvalue weighted by molar-refractivity contribution is -0.137. The second-order valence-electron chi connectivity index (χ2n) is 4.90. The highest BCUT2D eigenvalue weighted by molar-refractivity contribution is 7.88. The van der Waals surface area contributed by atoms with Gasteiger partial charge >= 0.3 is 5.97 Å². The smallest absolute Gasteiger partial charge is 0.305 e. The van der Waals surface area contributed by atoms with Gasteiger partial charge in [-0.05, 0) is 12.1 Å². The highest BCUT2D eigenvalue weighted by Crippen LogP contribution is 2.23. The van der Waals surface area contributed by atoms with Crippen LogP contribution in [0.4, 0.5) is 5.69 Å². The molecule has 110 valence electrons. The average Bonchev–Trinajstić information content (AvgIpc) is 2.38. The van der Waals surface area contributed by atoms with Crippen LogP contribution in [0.15, 0.2) is 30.3 Å². The van der Waals surface area contributed by atoms with E-state index in [0.29, 0.717) is 13.1 Å². The molecule has 0 radical (unpaired) electrons. The molecule has 6 nitrogen and oxygen atoms in total. The van der Waals surface area contributed by atoms with Crippen molar-refractivity contribution in [1.82, 2.24) is 4.31 Å². The number of rotatable bonds is 4. The standard InChI is InChI=1S/C13H18N2O4S/c1-20(18,19)14-7-8-15(11-5-3-2-4-6-11)12(10-14)9-13(16)17/h2-6,12H,7-10H2,1H3,(H,16,17)/t12-/m1/s1. The Morgan fingerprint density at radius 3 is 2.50 bits per heavy atom. The van der Waals surface area contributed by atoms with Crippen molar-refractivity contribution in [3.05, 3.63) is 30.3 Å². The van der Waals surface area contributed by atoms with Gasteiger partial charge in [0.2, 0.25) is 10.0 Å².